The van der Waals surface area contributed by atoms with Crippen molar-refractivity contribution in [2.24, 2.45) is 4.99 Å². The summed E-state index contributed by atoms with van der Waals surface area (Å²) >= 11 is 0. The van der Waals surface area contributed by atoms with Crippen molar-refractivity contribution in [1.82, 2.24) is 0 Å². The topological polar surface area (TPSA) is 30.8 Å². The predicted molar refractivity (Wildman–Crippen MR) is 61.2 cm³/mol. The molecule has 0 aliphatic rings. The van der Waals surface area contributed by atoms with Crippen LogP contribution in [0.3, 0.4) is 0 Å². The zero-order chi connectivity index (χ0) is 11.1. The normalized spacial score (nSPS) is 13.6. The van der Waals surface area contributed by atoms with E-state index in [-0.39, 0.29) is 12.3 Å². The molecule has 3 heteroatoms. The van der Waals surface area contributed by atoms with Crippen molar-refractivity contribution in [3.63, 3.8) is 0 Å². The minimum Gasteiger partial charge on any atom is -0.351 e. The molecule has 82 valence electrons. The number of benzene rings is 1. The van der Waals surface area contributed by atoms with Gasteiger partial charge in [0, 0.05) is 14.2 Å². The number of ether oxygens (including phenoxy) is 2. The summed E-state index contributed by atoms with van der Waals surface area (Å²) in [6.45, 7) is 2.04. The molecule has 15 heavy (non-hydrogen) atoms. The molecule has 0 N–H and O–H groups in total. The van der Waals surface area contributed by atoms with Crippen LogP contribution >= 0.6 is 0 Å². The lowest BCUT2D eigenvalue weighted by Crippen LogP contribution is -2.14. The van der Waals surface area contributed by atoms with Crippen LogP contribution in [0, 0.1) is 0 Å². The van der Waals surface area contributed by atoms with Gasteiger partial charge in [0.15, 0.2) is 6.29 Å². The first-order valence-electron chi connectivity index (χ1n) is 4.91. The maximum Gasteiger partial charge on any atom is 0.193 e. The molecule has 0 aliphatic heterocycles. The van der Waals surface area contributed by atoms with Crippen LogP contribution in [0.1, 0.15) is 18.5 Å². The molecular formula is C12H17NO2. The average Bonchev–Trinajstić information content (AvgIpc) is 2.31. The zero-order valence-electron chi connectivity index (χ0n) is 9.38. The number of nitrogens with zero attached hydrogens (tertiary/aromatic N) is 1. The highest BCUT2D eigenvalue weighted by Crippen LogP contribution is 2.15. The van der Waals surface area contributed by atoms with Gasteiger partial charge in [0.25, 0.3) is 0 Å². The summed E-state index contributed by atoms with van der Waals surface area (Å²) in [5.74, 6) is 0. The lowest BCUT2D eigenvalue weighted by Gasteiger charge is -2.10. The quantitative estimate of drug-likeness (QED) is 0.548. The van der Waals surface area contributed by atoms with Gasteiger partial charge in [0.1, 0.15) is 0 Å². The van der Waals surface area contributed by atoms with Crippen LogP contribution in [-0.4, -0.2) is 26.7 Å². The number of methoxy groups -OCH3 is 2. The second-order valence-corrected chi connectivity index (χ2v) is 3.22. The van der Waals surface area contributed by atoms with Crippen molar-refractivity contribution in [2.45, 2.75) is 19.3 Å². The molecule has 0 fully saturated rings. The van der Waals surface area contributed by atoms with Gasteiger partial charge >= 0.3 is 0 Å². The predicted octanol–water partition coefficient (Wildman–Crippen LogP) is 2.44. The van der Waals surface area contributed by atoms with Crippen molar-refractivity contribution in [3.05, 3.63) is 35.9 Å². The molecule has 1 rings (SSSR count). The first kappa shape index (κ1) is 11.9. The Hall–Kier alpha value is -1.19. The van der Waals surface area contributed by atoms with Crippen molar-refractivity contribution < 1.29 is 9.47 Å². The molecule has 0 amide bonds. The lowest BCUT2D eigenvalue weighted by molar-refractivity contribution is -0.0486. The molecule has 0 saturated heterocycles. The Kier molecular flexibility index (Phi) is 5.01. The monoisotopic (exact) mass is 207 g/mol. The molecule has 0 bridgehead atoms. The van der Waals surface area contributed by atoms with E-state index in [0.29, 0.717) is 0 Å². The summed E-state index contributed by atoms with van der Waals surface area (Å²) < 4.78 is 10.0. The maximum absolute atomic E-state index is 5.01. The van der Waals surface area contributed by atoms with E-state index in [1.54, 1.807) is 20.4 Å². The van der Waals surface area contributed by atoms with E-state index < -0.39 is 0 Å². The largest absolute Gasteiger partial charge is 0.351 e. The summed E-state index contributed by atoms with van der Waals surface area (Å²) in [6, 6.07) is 10.2. The maximum atomic E-state index is 5.01. The summed E-state index contributed by atoms with van der Waals surface area (Å²) in [7, 11) is 3.18. The SMILES string of the molecule is COC(C=NC(C)c1ccccc1)OC. The van der Waals surface area contributed by atoms with Crippen LogP contribution < -0.4 is 0 Å². The molecule has 0 heterocycles. The molecule has 0 saturated carbocycles. The Bertz CT molecular complexity index is 294. The van der Waals surface area contributed by atoms with Crippen LogP contribution in [0.5, 0.6) is 0 Å². The molecule has 3 nitrogen and oxygen atoms in total. The van der Waals surface area contributed by atoms with Crippen molar-refractivity contribution in [3.8, 4) is 0 Å². The van der Waals surface area contributed by atoms with Gasteiger partial charge in [-0.15, -0.1) is 0 Å². The van der Waals surface area contributed by atoms with Crippen LogP contribution in [0.2, 0.25) is 0 Å². The smallest absolute Gasteiger partial charge is 0.193 e. The molecule has 1 unspecified atom stereocenters. The first-order valence-corrected chi connectivity index (χ1v) is 4.91. The molecule has 1 aromatic carbocycles. The van der Waals surface area contributed by atoms with Gasteiger partial charge in [-0.1, -0.05) is 30.3 Å². The number of rotatable bonds is 5. The van der Waals surface area contributed by atoms with Crippen LogP contribution in [0.4, 0.5) is 0 Å². The Balaban J connectivity index is 2.59. The van der Waals surface area contributed by atoms with Gasteiger partial charge in [0.05, 0.1) is 12.3 Å². The summed E-state index contributed by atoms with van der Waals surface area (Å²) in [6.07, 6.45) is 1.31. The van der Waals surface area contributed by atoms with E-state index in [0.717, 1.165) is 0 Å². The Labute approximate surface area is 90.7 Å². The standard InChI is InChI=1S/C12H17NO2/c1-10(11-7-5-4-6-8-11)13-9-12(14-2)15-3/h4-10,12H,1-3H3. The highest BCUT2D eigenvalue weighted by molar-refractivity contribution is 5.61. The molecule has 1 atom stereocenters. The zero-order valence-corrected chi connectivity index (χ0v) is 9.38. The van der Waals surface area contributed by atoms with E-state index in [9.17, 15) is 0 Å². The Morgan fingerprint density at radius 2 is 1.73 bits per heavy atom. The fourth-order valence-corrected chi connectivity index (χ4v) is 1.23. The van der Waals surface area contributed by atoms with Gasteiger partial charge in [0.2, 0.25) is 0 Å². The first-order chi connectivity index (χ1) is 7.27. The number of aliphatic imine (C=N–C) groups is 1. The van der Waals surface area contributed by atoms with Crippen LogP contribution in [0.25, 0.3) is 0 Å². The highest BCUT2D eigenvalue weighted by Gasteiger charge is 2.03. The number of hydrogen-bond acceptors (Lipinski definition) is 3. The summed E-state index contributed by atoms with van der Waals surface area (Å²) in [4.78, 5) is 4.36. The minimum atomic E-state index is -0.365. The Morgan fingerprint density at radius 3 is 2.27 bits per heavy atom. The van der Waals surface area contributed by atoms with Crippen molar-refractivity contribution in [1.29, 1.82) is 0 Å². The van der Waals surface area contributed by atoms with Gasteiger partial charge < -0.3 is 9.47 Å². The van der Waals surface area contributed by atoms with E-state index in [1.165, 1.54) is 5.56 Å². The van der Waals surface area contributed by atoms with E-state index in [4.69, 9.17) is 9.47 Å². The van der Waals surface area contributed by atoms with E-state index in [2.05, 4.69) is 17.1 Å². The third-order valence-electron chi connectivity index (χ3n) is 2.18. The van der Waals surface area contributed by atoms with Gasteiger partial charge in [-0.05, 0) is 12.5 Å². The molecule has 0 aliphatic carbocycles. The summed E-state index contributed by atoms with van der Waals surface area (Å²) in [5, 5.41) is 0. The third-order valence-corrected chi connectivity index (χ3v) is 2.18. The fourth-order valence-electron chi connectivity index (χ4n) is 1.23. The molecule has 0 spiro atoms. The molecule has 0 aromatic heterocycles. The van der Waals surface area contributed by atoms with Crippen molar-refractivity contribution in [2.75, 3.05) is 14.2 Å². The highest BCUT2D eigenvalue weighted by atomic mass is 16.7. The Morgan fingerprint density at radius 1 is 1.13 bits per heavy atom. The second kappa shape index (κ2) is 6.32. The second-order valence-electron chi connectivity index (χ2n) is 3.22. The number of hydrogen-bond donors (Lipinski definition) is 0. The third kappa shape index (κ3) is 3.81. The van der Waals surface area contributed by atoms with E-state index >= 15 is 0 Å². The molecule has 0 radical (unpaired) electrons. The van der Waals surface area contributed by atoms with Crippen LogP contribution in [0.15, 0.2) is 35.3 Å². The average molecular weight is 207 g/mol. The minimum absolute atomic E-state index is 0.124. The van der Waals surface area contributed by atoms with Crippen molar-refractivity contribution >= 4 is 6.21 Å². The molecule has 1 aromatic rings. The van der Waals surface area contributed by atoms with Gasteiger partial charge in [-0.25, -0.2) is 0 Å². The van der Waals surface area contributed by atoms with Gasteiger partial charge in [-0.3, -0.25) is 4.99 Å². The van der Waals surface area contributed by atoms with Gasteiger partial charge in [-0.2, -0.15) is 0 Å². The lowest BCUT2D eigenvalue weighted by atomic mass is 10.1. The van der Waals surface area contributed by atoms with E-state index in [1.807, 2.05) is 25.1 Å². The fraction of sp³-hybridized carbons (Fsp3) is 0.417. The molecular weight excluding hydrogens is 190 g/mol. The summed E-state index contributed by atoms with van der Waals surface area (Å²) in [5.41, 5.74) is 1.18. The van der Waals surface area contributed by atoms with Crippen LogP contribution in [-0.2, 0) is 9.47 Å².